The summed E-state index contributed by atoms with van der Waals surface area (Å²) in [5, 5.41) is 0. The van der Waals surface area contributed by atoms with Crippen LogP contribution in [-0.2, 0) is 9.53 Å². The van der Waals surface area contributed by atoms with Crippen LogP contribution in [0.2, 0.25) is 0 Å². The Bertz CT molecular complexity index is 515. The first kappa shape index (κ1) is 16.2. The Kier molecular flexibility index (Phi) is 4.93. The summed E-state index contributed by atoms with van der Waals surface area (Å²) < 4.78 is 10.9. The van der Waals surface area contributed by atoms with Crippen molar-refractivity contribution in [3.05, 3.63) is 29.3 Å². The van der Waals surface area contributed by atoms with Gasteiger partial charge in [0.25, 0.3) is 0 Å². The minimum atomic E-state index is -1.07. The number of rotatable bonds is 5. The monoisotopic (exact) mass is 278 g/mol. The first-order chi connectivity index (χ1) is 9.13. The minimum Gasteiger partial charge on any atom is -0.476 e. The van der Waals surface area contributed by atoms with Crippen LogP contribution in [0.5, 0.6) is 5.75 Å². The van der Waals surface area contributed by atoms with Gasteiger partial charge in [0, 0.05) is 5.56 Å². The molecule has 20 heavy (non-hydrogen) atoms. The SMILES string of the molecule is CC(=O)c1ccc(OC(C)(C)C(=O)OC(C)C)cc1C. The van der Waals surface area contributed by atoms with E-state index >= 15 is 0 Å². The van der Waals surface area contributed by atoms with E-state index in [1.807, 2.05) is 6.92 Å². The lowest BCUT2D eigenvalue weighted by Gasteiger charge is -2.25. The van der Waals surface area contributed by atoms with Crippen molar-refractivity contribution in [3.63, 3.8) is 0 Å². The van der Waals surface area contributed by atoms with Gasteiger partial charge in [0.15, 0.2) is 11.4 Å². The Labute approximate surface area is 120 Å². The number of Topliss-reactive ketones (excluding diaryl/α,β-unsaturated/α-hetero) is 1. The fraction of sp³-hybridized carbons (Fsp3) is 0.500. The second-order valence-electron chi connectivity index (χ2n) is 5.60. The lowest BCUT2D eigenvalue weighted by atomic mass is 10.0. The third kappa shape index (κ3) is 4.08. The van der Waals surface area contributed by atoms with Crippen molar-refractivity contribution in [2.45, 2.75) is 53.2 Å². The highest BCUT2D eigenvalue weighted by atomic mass is 16.6. The molecule has 0 spiro atoms. The Morgan fingerprint density at radius 1 is 1.20 bits per heavy atom. The van der Waals surface area contributed by atoms with Gasteiger partial charge >= 0.3 is 5.97 Å². The fourth-order valence-corrected chi connectivity index (χ4v) is 1.79. The molecule has 0 radical (unpaired) electrons. The quantitative estimate of drug-likeness (QED) is 0.612. The van der Waals surface area contributed by atoms with Crippen LogP contribution >= 0.6 is 0 Å². The molecule has 0 aliphatic heterocycles. The molecule has 0 saturated heterocycles. The first-order valence-electron chi connectivity index (χ1n) is 6.65. The van der Waals surface area contributed by atoms with Gasteiger partial charge in [0.2, 0.25) is 0 Å². The highest BCUT2D eigenvalue weighted by molar-refractivity contribution is 5.95. The second kappa shape index (κ2) is 6.07. The van der Waals surface area contributed by atoms with E-state index in [0.717, 1.165) is 5.56 Å². The number of ketones is 1. The molecule has 1 aromatic rings. The molecule has 1 aromatic carbocycles. The van der Waals surface area contributed by atoms with E-state index in [4.69, 9.17) is 9.47 Å². The molecule has 0 aromatic heterocycles. The van der Waals surface area contributed by atoms with Gasteiger partial charge in [-0.2, -0.15) is 0 Å². The molecule has 0 amide bonds. The predicted octanol–water partition coefficient (Wildman–Crippen LogP) is 3.31. The van der Waals surface area contributed by atoms with Crippen LogP contribution in [0.25, 0.3) is 0 Å². The largest absolute Gasteiger partial charge is 0.476 e. The summed E-state index contributed by atoms with van der Waals surface area (Å²) in [6.45, 7) is 10.3. The number of esters is 1. The first-order valence-corrected chi connectivity index (χ1v) is 6.65. The van der Waals surface area contributed by atoms with Gasteiger partial charge < -0.3 is 9.47 Å². The van der Waals surface area contributed by atoms with Gasteiger partial charge in [-0.25, -0.2) is 4.79 Å². The number of benzene rings is 1. The summed E-state index contributed by atoms with van der Waals surface area (Å²) in [6, 6.07) is 5.14. The van der Waals surface area contributed by atoms with E-state index in [2.05, 4.69) is 0 Å². The zero-order chi connectivity index (χ0) is 15.5. The van der Waals surface area contributed by atoms with Crippen LogP contribution in [0.3, 0.4) is 0 Å². The number of hydrogen-bond donors (Lipinski definition) is 0. The van der Waals surface area contributed by atoms with E-state index in [1.165, 1.54) is 6.92 Å². The summed E-state index contributed by atoms with van der Waals surface area (Å²) >= 11 is 0. The van der Waals surface area contributed by atoms with Gasteiger partial charge in [-0.15, -0.1) is 0 Å². The molecule has 1 rings (SSSR count). The van der Waals surface area contributed by atoms with Crippen molar-refractivity contribution in [3.8, 4) is 5.75 Å². The number of ether oxygens (including phenoxy) is 2. The molecule has 4 heteroatoms. The smallest absolute Gasteiger partial charge is 0.350 e. The van der Waals surface area contributed by atoms with Crippen LogP contribution in [0.4, 0.5) is 0 Å². The summed E-state index contributed by atoms with van der Waals surface area (Å²) in [4.78, 5) is 23.3. The van der Waals surface area contributed by atoms with E-state index in [0.29, 0.717) is 11.3 Å². The predicted molar refractivity (Wildman–Crippen MR) is 77.1 cm³/mol. The Morgan fingerprint density at radius 3 is 2.25 bits per heavy atom. The molecular weight excluding hydrogens is 256 g/mol. The van der Waals surface area contributed by atoms with Crippen molar-refractivity contribution < 1.29 is 19.1 Å². The number of aryl methyl sites for hydroxylation is 1. The summed E-state index contributed by atoms with van der Waals surface area (Å²) in [6.07, 6.45) is -0.188. The zero-order valence-corrected chi connectivity index (χ0v) is 12.9. The van der Waals surface area contributed by atoms with E-state index in [-0.39, 0.29) is 11.9 Å². The lowest BCUT2D eigenvalue weighted by molar-refractivity contribution is -0.163. The van der Waals surface area contributed by atoms with Gasteiger partial charge in [-0.05, 0) is 65.3 Å². The molecule has 0 saturated carbocycles. The van der Waals surface area contributed by atoms with Crippen molar-refractivity contribution in [2.75, 3.05) is 0 Å². The van der Waals surface area contributed by atoms with Crippen LogP contribution < -0.4 is 4.74 Å². The van der Waals surface area contributed by atoms with Gasteiger partial charge in [-0.1, -0.05) is 0 Å². The molecule has 0 unspecified atom stereocenters. The average molecular weight is 278 g/mol. The third-order valence-corrected chi connectivity index (χ3v) is 2.78. The maximum atomic E-state index is 11.9. The van der Waals surface area contributed by atoms with Gasteiger partial charge in [0.1, 0.15) is 5.75 Å². The lowest BCUT2D eigenvalue weighted by Crippen LogP contribution is -2.40. The topological polar surface area (TPSA) is 52.6 Å². The van der Waals surface area contributed by atoms with Crippen LogP contribution in [-0.4, -0.2) is 23.5 Å². The van der Waals surface area contributed by atoms with Crippen molar-refractivity contribution in [1.82, 2.24) is 0 Å². The van der Waals surface area contributed by atoms with E-state index in [9.17, 15) is 9.59 Å². The highest BCUT2D eigenvalue weighted by Crippen LogP contribution is 2.23. The van der Waals surface area contributed by atoms with E-state index in [1.54, 1.807) is 45.9 Å². The van der Waals surface area contributed by atoms with Crippen molar-refractivity contribution in [2.24, 2.45) is 0 Å². The third-order valence-electron chi connectivity index (χ3n) is 2.78. The standard InChI is InChI=1S/C16H22O4/c1-10(2)19-15(18)16(5,6)20-13-7-8-14(12(4)17)11(3)9-13/h7-10H,1-6H3. The normalized spacial score (nSPS) is 11.3. The number of carbonyl (C=O) groups is 2. The number of carbonyl (C=O) groups excluding carboxylic acids is 2. The summed E-state index contributed by atoms with van der Waals surface area (Å²) in [7, 11) is 0. The zero-order valence-electron chi connectivity index (χ0n) is 12.9. The van der Waals surface area contributed by atoms with Gasteiger partial charge in [0.05, 0.1) is 6.10 Å². The molecule has 0 fully saturated rings. The molecule has 110 valence electrons. The Balaban J connectivity index is 2.90. The molecule has 0 atom stereocenters. The summed E-state index contributed by atoms with van der Waals surface area (Å²) in [5.41, 5.74) is 0.400. The minimum absolute atomic E-state index is 0.00697. The number of hydrogen-bond acceptors (Lipinski definition) is 4. The van der Waals surface area contributed by atoms with Crippen LogP contribution in [0, 0.1) is 6.92 Å². The fourth-order valence-electron chi connectivity index (χ4n) is 1.79. The van der Waals surface area contributed by atoms with Gasteiger partial charge in [-0.3, -0.25) is 4.79 Å². The summed E-state index contributed by atoms with van der Waals surface area (Å²) in [5.74, 6) is 0.131. The molecule has 0 heterocycles. The van der Waals surface area contributed by atoms with Crippen LogP contribution in [0.15, 0.2) is 18.2 Å². The molecule has 0 aliphatic rings. The van der Waals surface area contributed by atoms with E-state index < -0.39 is 11.6 Å². The average Bonchev–Trinajstić information content (AvgIpc) is 2.26. The maximum Gasteiger partial charge on any atom is 0.350 e. The molecule has 4 nitrogen and oxygen atoms in total. The highest BCUT2D eigenvalue weighted by Gasteiger charge is 2.32. The Morgan fingerprint density at radius 2 is 1.80 bits per heavy atom. The molecular formula is C16H22O4. The Hall–Kier alpha value is -1.84. The molecule has 0 aliphatic carbocycles. The van der Waals surface area contributed by atoms with Crippen molar-refractivity contribution in [1.29, 1.82) is 0 Å². The molecule has 0 bridgehead atoms. The molecule has 0 N–H and O–H groups in total. The maximum absolute atomic E-state index is 11.9. The van der Waals surface area contributed by atoms with Crippen LogP contribution in [0.1, 0.15) is 50.5 Å². The van der Waals surface area contributed by atoms with Crippen molar-refractivity contribution >= 4 is 11.8 Å². The second-order valence-corrected chi connectivity index (χ2v) is 5.60.